The van der Waals surface area contributed by atoms with E-state index in [9.17, 15) is 4.79 Å². The number of hydrogen-bond acceptors (Lipinski definition) is 4. The van der Waals surface area contributed by atoms with Gasteiger partial charge in [0.25, 0.3) is 0 Å². The van der Waals surface area contributed by atoms with Crippen molar-refractivity contribution in [3.8, 4) is 0 Å². The molecule has 1 aromatic heterocycles. The lowest BCUT2D eigenvalue weighted by Gasteiger charge is -2.32. The number of ether oxygens (including phenoxy) is 1. The van der Waals surface area contributed by atoms with Crippen molar-refractivity contribution in [3.63, 3.8) is 0 Å². The lowest BCUT2D eigenvalue weighted by Crippen LogP contribution is -2.38. The van der Waals surface area contributed by atoms with E-state index >= 15 is 0 Å². The van der Waals surface area contributed by atoms with Gasteiger partial charge in [-0.05, 0) is 35.8 Å². The van der Waals surface area contributed by atoms with Gasteiger partial charge in [-0.25, -0.2) is 0 Å². The Morgan fingerprint density at radius 1 is 1.36 bits per heavy atom. The molecule has 0 unspecified atom stereocenters. The van der Waals surface area contributed by atoms with Crippen molar-refractivity contribution in [2.45, 2.75) is 26.7 Å². The summed E-state index contributed by atoms with van der Waals surface area (Å²) in [5.41, 5.74) is 1.02. The topological polar surface area (TPSA) is 54.5 Å². The summed E-state index contributed by atoms with van der Waals surface area (Å²) < 4.78 is 5.81. The molecular weight excluding hydrogens is 314 g/mol. The number of carbonyl (C=O) groups excluding carboxylic acids is 1. The van der Waals surface area contributed by atoms with E-state index in [-0.39, 0.29) is 5.91 Å². The molecule has 1 N–H and O–H groups in total. The maximum atomic E-state index is 12.3. The first kappa shape index (κ1) is 18.3. The van der Waals surface area contributed by atoms with Gasteiger partial charge in [0.2, 0.25) is 5.91 Å². The molecular formula is C20H31N3O2. The molecule has 2 saturated heterocycles. The van der Waals surface area contributed by atoms with Crippen LogP contribution in [0.3, 0.4) is 0 Å². The zero-order chi connectivity index (χ0) is 17.6. The van der Waals surface area contributed by atoms with Gasteiger partial charge in [0.1, 0.15) is 0 Å². The third-order valence-electron chi connectivity index (χ3n) is 5.34. The maximum absolute atomic E-state index is 12.3. The van der Waals surface area contributed by atoms with Gasteiger partial charge in [0, 0.05) is 50.9 Å². The Morgan fingerprint density at radius 3 is 3.00 bits per heavy atom. The number of hydrogen-bond donors (Lipinski definition) is 1. The Kier molecular flexibility index (Phi) is 6.43. The van der Waals surface area contributed by atoms with E-state index in [1.165, 1.54) is 0 Å². The molecule has 0 spiro atoms. The van der Waals surface area contributed by atoms with Crippen molar-refractivity contribution < 1.29 is 9.53 Å². The van der Waals surface area contributed by atoms with E-state index in [1.807, 2.05) is 18.2 Å². The molecule has 0 radical (unpaired) electrons. The molecule has 2 aliphatic rings. The number of carbonyl (C=O) groups is 1. The SMILES string of the molecule is CC(C)CN1C[C@@H]2COC[C@@H](CC(=O)NCCc3ccccn3)[C@@H]2C1. The van der Waals surface area contributed by atoms with Crippen LogP contribution in [-0.2, 0) is 16.0 Å². The summed E-state index contributed by atoms with van der Waals surface area (Å²) in [5, 5.41) is 3.05. The van der Waals surface area contributed by atoms with Crippen LogP contribution in [0, 0.1) is 23.7 Å². The predicted octanol–water partition coefficient (Wildman–Crippen LogP) is 1.98. The number of rotatable bonds is 7. The Hall–Kier alpha value is -1.46. The van der Waals surface area contributed by atoms with Gasteiger partial charge in [-0.3, -0.25) is 9.78 Å². The Labute approximate surface area is 151 Å². The van der Waals surface area contributed by atoms with Crippen LogP contribution >= 0.6 is 0 Å². The molecule has 3 heterocycles. The summed E-state index contributed by atoms with van der Waals surface area (Å²) in [4.78, 5) is 19.2. The standard InChI is InChI=1S/C20H31N3O2/c1-15(2)10-23-11-17-14-25-13-16(19(17)12-23)9-20(24)22-8-6-18-5-3-4-7-21-18/h3-5,7,15-17,19H,6,8-14H2,1-2H3,(H,22,24)/t16-,17-,19+/m1/s1. The molecule has 3 atom stereocenters. The van der Waals surface area contributed by atoms with E-state index in [0.717, 1.165) is 45.0 Å². The molecule has 0 aliphatic carbocycles. The number of fused-ring (bicyclic) bond motifs is 1. The first-order chi connectivity index (χ1) is 12.1. The first-order valence-corrected chi connectivity index (χ1v) is 9.58. The second kappa shape index (κ2) is 8.77. The summed E-state index contributed by atoms with van der Waals surface area (Å²) >= 11 is 0. The van der Waals surface area contributed by atoms with Crippen LogP contribution < -0.4 is 5.32 Å². The minimum atomic E-state index is 0.146. The Balaban J connectivity index is 1.44. The molecule has 138 valence electrons. The van der Waals surface area contributed by atoms with Gasteiger partial charge in [0.05, 0.1) is 13.2 Å². The molecule has 0 saturated carbocycles. The summed E-state index contributed by atoms with van der Waals surface area (Å²) in [5.74, 6) is 2.39. The van der Waals surface area contributed by atoms with Crippen LogP contribution in [0.5, 0.6) is 0 Å². The van der Waals surface area contributed by atoms with Crippen molar-refractivity contribution in [2.24, 2.45) is 23.7 Å². The third-order valence-corrected chi connectivity index (χ3v) is 5.34. The van der Waals surface area contributed by atoms with Gasteiger partial charge in [-0.15, -0.1) is 0 Å². The molecule has 5 heteroatoms. The zero-order valence-corrected chi connectivity index (χ0v) is 15.5. The highest BCUT2D eigenvalue weighted by Gasteiger charge is 2.41. The Morgan fingerprint density at radius 2 is 2.24 bits per heavy atom. The average molecular weight is 345 g/mol. The highest BCUT2D eigenvalue weighted by Crippen LogP contribution is 2.35. The Bertz CT molecular complexity index is 549. The number of nitrogens with zero attached hydrogens (tertiary/aromatic N) is 2. The minimum absolute atomic E-state index is 0.146. The fraction of sp³-hybridized carbons (Fsp3) is 0.700. The zero-order valence-electron chi connectivity index (χ0n) is 15.5. The fourth-order valence-electron chi connectivity index (χ4n) is 4.26. The molecule has 3 rings (SSSR count). The molecule has 5 nitrogen and oxygen atoms in total. The number of amides is 1. The van der Waals surface area contributed by atoms with Crippen molar-refractivity contribution in [2.75, 3.05) is 39.4 Å². The fourth-order valence-corrected chi connectivity index (χ4v) is 4.26. The van der Waals surface area contributed by atoms with E-state index in [4.69, 9.17) is 4.74 Å². The summed E-state index contributed by atoms with van der Waals surface area (Å²) in [7, 11) is 0. The van der Waals surface area contributed by atoms with Crippen LogP contribution in [0.4, 0.5) is 0 Å². The molecule has 1 amide bonds. The van der Waals surface area contributed by atoms with Crippen molar-refractivity contribution in [1.29, 1.82) is 0 Å². The maximum Gasteiger partial charge on any atom is 0.220 e. The third kappa shape index (κ3) is 5.25. The smallest absolute Gasteiger partial charge is 0.220 e. The van der Waals surface area contributed by atoms with Gasteiger partial charge in [-0.1, -0.05) is 19.9 Å². The largest absolute Gasteiger partial charge is 0.381 e. The van der Waals surface area contributed by atoms with Crippen molar-refractivity contribution >= 4 is 5.91 Å². The van der Waals surface area contributed by atoms with Gasteiger partial charge in [0.15, 0.2) is 0 Å². The molecule has 25 heavy (non-hydrogen) atoms. The van der Waals surface area contributed by atoms with Crippen LogP contribution in [0.2, 0.25) is 0 Å². The van der Waals surface area contributed by atoms with E-state index in [2.05, 4.69) is 29.0 Å². The normalized spacial score (nSPS) is 26.6. The number of nitrogens with one attached hydrogen (secondary N) is 1. The highest BCUT2D eigenvalue weighted by atomic mass is 16.5. The first-order valence-electron chi connectivity index (χ1n) is 9.58. The lowest BCUT2D eigenvalue weighted by molar-refractivity contribution is -0.124. The second-order valence-electron chi connectivity index (χ2n) is 7.96. The van der Waals surface area contributed by atoms with Crippen LogP contribution in [0.25, 0.3) is 0 Å². The molecule has 2 aliphatic heterocycles. The average Bonchev–Trinajstić information content (AvgIpc) is 2.98. The summed E-state index contributed by atoms with van der Waals surface area (Å²) in [6.07, 6.45) is 3.15. The highest BCUT2D eigenvalue weighted by molar-refractivity contribution is 5.76. The van der Waals surface area contributed by atoms with Gasteiger partial charge < -0.3 is 15.0 Å². The van der Waals surface area contributed by atoms with Crippen LogP contribution in [0.1, 0.15) is 26.0 Å². The lowest BCUT2D eigenvalue weighted by atomic mass is 9.81. The summed E-state index contributed by atoms with van der Waals surface area (Å²) in [6, 6.07) is 5.88. The van der Waals surface area contributed by atoms with E-state index in [0.29, 0.717) is 36.6 Å². The second-order valence-corrected chi connectivity index (χ2v) is 7.96. The van der Waals surface area contributed by atoms with Crippen LogP contribution in [-0.4, -0.2) is 55.2 Å². The predicted molar refractivity (Wildman–Crippen MR) is 98.1 cm³/mol. The van der Waals surface area contributed by atoms with E-state index in [1.54, 1.807) is 6.20 Å². The van der Waals surface area contributed by atoms with Crippen molar-refractivity contribution in [1.82, 2.24) is 15.2 Å². The molecule has 0 bridgehead atoms. The quantitative estimate of drug-likeness (QED) is 0.821. The number of pyridine rings is 1. The van der Waals surface area contributed by atoms with Gasteiger partial charge in [-0.2, -0.15) is 0 Å². The van der Waals surface area contributed by atoms with Crippen LogP contribution in [0.15, 0.2) is 24.4 Å². The van der Waals surface area contributed by atoms with E-state index < -0.39 is 0 Å². The number of aromatic nitrogens is 1. The van der Waals surface area contributed by atoms with Gasteiger partial charge >= 0.3 is 0 Å². The number of likely N-dealkylation sites (tertiary alicyclic amines) is 1. The monoisotopic (exact) mass is 345 g/mol. The van der Waals surface area contributed by atoms with Crippen molar-refractivity contribution in [3.05, 3.63) is 30.1 Å². The summed E-state index contributed by atoms with van der Waals surface area (Å²) in [6.45, 7) is 10.2. The minimum Gasteiger partial charge on any atom is -0.381 e. The molecule has 2 fully saturated rings. The molecule has 0 aromatic carbocycles. The molecule has 1 aromatic rings.